The number of ether oxygens (including phenoxy) is 1. The van der Waals surface area contributed by atoms with Crippen LogP contribution in [0.5, 0.6) is 0 Å². The first-order valence-electron chi connectivity index (χ1n) is 14.4. The van der Waals surface area contributed by atoms with E-state index in [1.54, 1.807) is 13.1 Å². The number of rotatable bonds is 8. The number of hydrogen-bond acceptors (Lipinski definition) is 7. The van der Waals surface area contributed by atoms with Crippen LogP contribution in [0.2, 0.25) is 0 Å². The Kier molecular flexibility index (Phi) is 7.71. The second-order valence-electron chi connectivity index (χ2n) is 12.6. The van der Waals surface area contributed by atoms with E-state index >= 15 is 0 Å². The van der Waals surface area contributed by atoms with Crippen LogP contribution in [-0.4, -0.2) is 53.1 Å². The van der Waals surface area contributed by atoms with Crippen molar-refractivity contribution in [1.29, 1.82) is 0 Å². The van der Waals surface area contributed by atoms with Gasteiger partial charge in [-0.25, -0.2) is 9.78 Å². The molecule has 0 unspecified atom stereocenters. The van der Waals surface area contributed by atoms with Gasteiger partial charge in [0.2, 0.25) is 0 Å². The number of imidazole rings is 1. The molecule has 1 aromatic heterocycles. The molecule has 212 valence electrons. The van der Waals surface area contributed by atoms with Crippen LogP contribution < -0.4 is 5.32 Å². The zero-order valence-electron chi connectivity index (χ0n) is 23.6. The summed E-state index contributed by atoms with van der Waals surface area (Å²) in [7, 11) is 1.29. The molecule has 1 heterocycles. The van der Waals surface area contributed by atoms with Gasteiger partial charge < -0.3 is 19.9 Å². The lowest BCUT2D eigenvalue weighted by Crippen LogP contribution is -2.51. The van der Waals surface area contributed by atoms with Crippen molar-refractivity contribution >= 4 is 23.4 Å². The molecule has 5 rings (SSSR count). The number of nitrogens with one attached hydrogen (secondary N) is 2. The predicted molar refractivity (Wildman–Crippen MR) is 145 cm³/mol. The van der Waals surface area contributed by atoms with Gasteiger partial charge in [0.1, 0.15) is 11.8 Å². The summed E-state index contributed by atoms with van der Waals surface area (Å²) < 4.78 is 4.82. The SMILES string of the molecule is COC(=O)[C@@H](Cc1cnc[nH]1)NC(=O)CO/N=C1/C=C2CC[C@H]3[C@@H]4CC[C@H](C(C)=O)[C@@]4(C)CC[C@@H]3[C@@]2(C)CC1. The number of oxime groups is 1. The van der Waals surface area contributed by atoms with Crippen molar-refractivity contribution in [3.8, 4) is 0 Å². The molecular weight excluding hydrogens is 496 g/mol. The number of esters is 1. The van der Waals surface area contributed by atoms with E-state index in [9.17, 15) is 14.4 Å². The Bertz CT molecular complexity index is 1160. The Balaban J connectivity index is 1.19. The molecule has 0 spiro atoms. The van der Waals surface area contributed by atoms with Gasteiger partial charge in [0.25, 0.3) is 5.91 Å². The molecule has 1 amide bonds. The fourth-order valence-corrected chi connectivity index (χ4v) is 8.67. The van der Waals surface area contributed by atoms with Crippen molar-refractivity contribution < 1.29 is 24.0 Å². The van der Waals surface area contributed by atoms with Crippen LogP contribution in [0.15, 0.2) is 29.3 Å². The fourth-order valence-electron chi connectivity index (χ4n) is 8.67. The Morgan fingerprint density at radius 2 is 1.97 bits per heavy atom. The molecule has 39 heavy (non-hydrogen) atoms. The number of allylic oxidation sites excluding steroid dienone is 2. The number of ketones is 1. The van der Waals surface area contributed by atoms with Crippen molar-refractivity contribution in [2.24, 2.45) is 39.7 Å². The first-order chi connectivity index (χ1) is 18.7. The van der Waals surface area contributed by atoms with Crippen molar-refractivity contribution in [3.05, 3.63) is 29.9 Å². The number of Topliss-reactive ketones (excluding diaryl/α,β-unsaturated/α-hetero) is 1. The highest BCUT2D eigenvalue weighted by molar-refractivity contribution is 5.96. The molecule has 1 aromatic rings. The molecule has 3 saturated carbocycles. The van der Waals surface area contributed by atoms with E-state index in [4.69, 9.17) is 9.57 Å². The highest BCUT2D eigenvalue weighted by Gasteiger charge is 2.59. The highest BCUT2D eigenvalue weighted by atomic mass is 16.6. The lowest BCUT2D eigenvalue weighted by atomic mass is 9.46. The summed E-state index contributed by atoms with van der Waals surface area (Å²) in [5.74, 6) is 1.65. The van der Waals surface area contributed by atoms with E-state index in [0.717, 1.165) is 37.8 Å². The van der Waals surface area contributed by atoms with Crippen LogP contribution in [0.1, 0.15) is 77.8 Å². The van der Waals surface area contributed by atoms with Crippen molar-refractivity contribution in [1.82, 2.24) is 15.3 Å². The summed E-state index contributed by atoms with van der Waals surface area (Å²) in [4.78, 5) is 49.3. The van der Waals surface area contributed by atoms with Crippen LogP contribution in [0.3, 0.4) is 0 Å². The maximum atomic E-state index is 12.5. The maximum Gasteiger partial charge on any atom is 0.328 e. The lowest BCUT2D eigenvalue weighted by Gasteiger charge is -2.58. The highest BCUT2D eigenvalue weighted by Crippen LogP contribution is 2.66. The summed E-state index contributed by atoms with van der Waals surface area (Å²) in [6, 6.07) is -0.838. The minimum Gasteiger partial charge on any atom is -0.467 e. The van der Waals surface area contributed by atoms with Gasteiger partial charge in [-0.05, 0) is 93.0 Å². The molecule has 0 aromatic carbocycles. The van der Waals surface area contributed by atoms with Crippen LogP contribution in [0.4, 0.5) is 0 Å². The summed E-state index contributed by atoms with van der Waals surface area (Å²) >= 11 is 0. The third-order valence-corrected chi connectivity index (χ3v) is 10.6. The smallest absolute Gasteiger partial charge is 0.328 e. The van der Waals surface area contributed by atoms with Crippen LogP contribution in [0, 0.1) is 34.5 Å². The molecule has 0 saturated heterocycles. The van der Waals surface area contributed by atoms with Crippen molar-refractivity contribution in [2.75, 3.05) is 13.7 Å². The second kappa shape index (κ2) is 10.9. The zero-order chi connectivity index (χ0) is 27.8. The minimum absolute atomic E-state index is 0.162. The Morgan fingerprint density at radius 3 is 2.69 bits per heavy atom. The van der Waals surface area contributed by atoms with Gasteiger partial charge in [0.15, 0.2) is 6.61 Å². The normalized spacial score (nSPS) is 35.2. The Hall–Kier alpha value is -2.97. The first kappa shape index (κ1) is 27.6. The molecular formula is C30H42N4O5. The van der Waals surface area contributed by atoms with E-state index in [-0.39, 0.29) is 29.8 Å². The molecule has 9 heteroatoms. The second-order valence-corrected chi connectivity index (χ2v) is 12.6. The molecule has 4 aliphatic carbocycles. The molecule has 2 N–H and O–H groups in total. The monoisotopic (exact) mass is 538 g/mol. The standard InChI is InChI=1S/C30H42N4O5/c1-18(35)23-7-8-24-22-6-5-19-13-20(9-11-29(19,2)25(22)10-12-30(23,24)3)34-39-16-27(36)33-26(28(37)38-4)14-21-15-31-17-32-21/h13,15,17,22-26H,5-12,14,16H2,1-4H3,(H,31,32)(H,33,36)/b34-20+/t22-,23+,24-,25-,26+,29-,30+/m0/s1. The summed E-state index contributed by atoms with van der Waals surface area (Å²) in [6.45, 7) is 6.35. The van der Waals surface area contributed by atoms with E-state index < -0.39 is 17.9 Å². The number of methoxy groups -OCH3 is 1. The van der Waals surface area contributed by atoms with E-state index in [0.29, 0.717) is 29.2 Å². The number of aromatic amines is 1. The number of carbonyl (C=O) groups excluding carboxylic acids is 3. The quantitative estimate of drug-likeness (QED) is 0.379. The zero-order valence-corrected chi connectivity index (χ0v) is 23.6. The molecule has 3 fully saturated rings. The number of carbonyl (C=O) groups is 3. The number of amides is 1. The van der Waals surface area contributed by atoms with Crippen molar-refractivity contribution in [2.45, 2.75) is 84.6 Å². The molecule has 0 radical (unpaired) electrons. The van der Waals surface area contributed by atoms with Gasteiger partial charge in [0, 0.05) is 24.2 Å². The fraction of sp³-hybridized carbons (Fsp3) is 0.700. The Morgan fingerprint density at radius 1 is 1.15 bits per heavy atom. The Labute approximate surface area is 230 Å². The average molecular weight is 539 g/mol. The van der Waals surface area contributed by atoms with Crippen LogP contribution >= 0.6 is 0 Å². The third kappa shape index (κ3) is 5.16. The van der Waals surface area contributed by atoms with Gasteiger partial charge in [-0.2, -0.15) is 0 Å². The largest absolute Gasteiger partial charge is 0.467 e. The lowest BCUT2D eigenvalue weighted by molar-refractivity contribution is -0.145. The van der Waals surface area contributed by atoms with E-state index in [2.05, 4.69) is 40.4 Å². The predicted octanol–water partition coefficient (Wildman–Crippen LogP) is 4.15. The molecule has 0 aliphatic heterocycles. The summed E-state index contributed by atoms with van der Waals surface area (Å²) in [5, 5.41) is 6.97. The van der Waals surface area contributed by atoms with Gasteiger partial charge in [-0.3, -0.25) is 9.59 Å². The average Bonchev–Trinajstić information content (AvgIpc) is 3.55. The minimum atomic E-state index is -0.838. The van der Waals surface area contributed by atoms with Crippen LogP contribution in [-0.2, 0) is 30.4 Å². The first-order valence-corrected chi connectivity index (χ1v) is 14.4. The topological polar surface area (TPSA) is 123 Å². The number of hydrogen-bond donors (Lipinski definition) is 2. The molecule has 4 aliphatic rings. The van der Waals surface area contributed by atoms with Gasteiger partial charge in [-0.15, -0.1) is 0 Å². The van der Waals surface area contributed by atoms with E-state index in [1.165, 1.54) is 38.3 Å². The number of H-pyrrole nitrogens is 1. The summed E-state index contributed by atoms with van der Waals surface area (Å²) in [6.07, 6.45) is 14.2. The molecule has 7 atom stereocenters. The van der Waals surface area contributed by atoms with Crippen molar-refractivity contribution in [3.63, 3.8) is 0 Å². The summed E-state index contributed by atoms with van der Waals surface area (Å²) in [5.41, 5.74) is 3.37. The molecule has 9 nitrogen and oxygen atoms in total. The van der Waals surface area contributed by atoms with Gasteiger partial charge in [-0.1, -0.05) is 24.6 Å². The third-order valence-electron chi connectivity index (χ3n) is 10.6. The molecule has 0 bridgehead atoms. The number of nitrogens with zero attached hydrogens (tertiary/aromatic N) is 2. The number of aromatic nitrogens is 2. The number of fused-ring (bicyclic) bond motifs is 5. The maximum absolute atomic E-state index is 12.5. The van der Waals surface area contributed by atoms with Gasteiger partial charge in [0.05, 0.1) is 19.1 Å². The van der Waals surface area contributed by atoms with Crippen LogP contribution in [0.25, 0.3) is 0 Å². The van der Waals surface area contributed by atoms with E-state index in [1.807, 2.05) is 0 Å². The van der Waals surface area contributed by atoms with Gasteiger partial charge >= 0.3 is 5.97 Å².